The molecule has 0 heterocycles. The van der Waals surface area contributed by atoms with Crippen molar-refractivity contribution in [1.82, 2.24) is 5.32 Å². The molecular formula is C22H28N2OS. The van der Waals surface area contributed by atoms with E-state index < -0.39 is 0 Å². The largest absolute Gasteiger partial charge is 0.332 e. The van der Waals surface area contributed by atoms with E-state index in [0.717, 1.165) is 28.8 Å². The number of thiocarbonyl (C=S) groups is 1. The Morgan fingerprint density at radius 1 is 1.00 bits per heavy atom. The molecule has 4 heteroatoms. The summed E-state index contributed by atoms with van der Waals surface area (Å²) in [7, 11) is 0. The summed E-state index contributed by atoms with van der Waals surface area (Å²) in [6.45, 7) is 10.4. The van der Waals surface area contributed by atoms with Gasteiger partial charge in [0.05, 0.1) is 5.92 Å². The summed E-state index contributed by atoms with van der Waals surface area (Å²) in [4.78, 5) is 12.5. The lowest BCUT2D eigenvalue weighted by Gasteiger charge is -2.15. The van der Waals surface area contributed by atoms with Crippen LogP contribution >= 0.6 is 12.2 Å². The fourth-order valence-corrected chi connectivity index (χ4v) is 3.21. The summed E-state index contributed by atoms with van der Waals surface area (Å²) >= 11 is 5.29. The van der Waals surface area contributed by atoms with Gasteiger partial charge in [-0.1, -0.05) is 44.2 Å². The highest BCUT2D eigenvalue weighted by Gasteiger charge is 2.16. The molecule has 2 N–H and O–H groups in total. The lowest BCUT2D eigenvalue weighted by molar-refractivity contribution is -0.120. The normalized spacial score (nSPS) is 11.9. The Hall–Kier alpha value is -2.20. The van der Waals surface area contributed by atoms with Gasteiger partial charge in [0, 0.05) is 5.69 Å². The Morgan fingerprint density at radius 2 is 1.58 bits per heavy atom. The summed E-state index contributed by atoms with van der Waals surface area (Å²) in [5.41, 5.74) is 5.47. The first-order valence-electron chi connectivity index (χ1n) is 9.03. The number of nitrogens with one attached hydrogen (secondary N) is 2. The molecule has 0 aliphatic heterocycles. The highest BCUT2D eigenvalue weighted by atomic mass is 32.1. The Bertz CT molecular complexity index is 761. The molecule has 26 heavy (non-hydrogen) atoms. The predicted molar refractivity (Wildman–Crippen MR) is 114 cm³/mol. The molecule has 2 aromatic carbocycles. The van der Waals surface area contributed by atoms with Gasteiger partial charge in [0.25, 0.3) is 0 Å². The number of carbonyl (C=O) groups is 1. The van der Waals surface area contributed by atoms with Crippen molar-refractivity contribution in [2.24, 2.45) is 5.92 Å². The van der Waals surface area contributed by atoms with Crippen molar-refractivity contribution in [3.8, 4) is 0 Å². The number of benzene rings is 2. The van der Waals surface area contributed by atoms with E-state index in [1.54, 1.807) is 0 Å². The zero-order valence-electron chi connectivity index (χ0n) is 16.2. The van der Waals surface area contributed by atoms with Gasteiger partial charge in [-0.25, -0.2) is 0 Å². The Kier molecular flexibility index (Phi) is 6.92. The smallest absolute Gasteiger partial charge is 0.233 e. The zero-order chi connectivity index (χ0) is 19.3. The number of rotatable bonds is 5. The second-order valence-corrected chi connectivity index (χ2v) is 7.79. The summed E-state index contributed by atoms with van der Waals surface area (Å²) in [6, 6.07) is 14.4. The first-order valence-corrected chi connectivity index (χ1v) is 9.44. The molecular weight excluding hydrogens is 340 g/mol. The zero-order valence-corrected chi connectivity index (χ0v) is 17.0. The minimum atomic E-state index is -0.262. The topological polar surface area (TPSA) is 41.1 Å². The Labute approximate surface area is 162 Å². The second-order valence-electron chi connectivity index (χ2n) is 7.38. The molecule has 0 radical (unpaired) electrons. The molecule has 0 aliphatic rings. The molecule has 1 amide bonds. The summed E-state index contributed by atoms with van der Waals surface area (Å²) in [5.74, 6) is 0.251. The standard InChI is InChI=1S/C22H28N2OS/c1-14(2)10-18-6-8-19(9-7-18)17(5)21(25)24-22(26)23-20-12-15(3)11-16(4)13-20/h6-9,11-14,17H,10H2,1-5H3,(H2,23,24,25,26). The first kappa shape index (κ1) is 20.1. The van der Waals surface area contributed by atoms with E-state index in [-0.39, 0.29) is 11.8 Å². The third-order valence-electron chi connectivity index (χ3n) is 4.23. The number of carbonyl (C=O) groups excluding carboxylic acids is 1. The van der Waals surface area contributed by atoms with Crippen LogP contribution in [0.3, 0.4) is 0 Å². The monoisotopic (exact) mass is 368 g/mol. The molecule has 0 bridgehead atoms. The van der Waals surface area contributed by atoms with Gasteiger partial charge in [0.15, 0.2) is 5.11 Å². The molecule has 0 fully saturated rings. The molecule has 0 saturated heterocycles. The van der Waals surface area contributed by atoms with Crippen LogP contribution in [0.5, 0.6) is 0 Å². The van der Waals surface area contributed by atoms with E-state index in [2.05, 4.69) is 42.7 Å². The van der Waals surface area contributed by atoms with Crippen molar-refractivity contribution < 1.29 is 4.79 Å². The van der Waals surface area contributed by atoms with Crippen molar-refractivity contribution in [2.75, 3.05) is 5.32 Å². The third kappa shape index (κ3) is 5.95. The van der Waals surface area contributed by atoms with Crippen LogP contribution in [0.2, 0.25) is 0 Å². The minimum Gasteiger partial charge on any atom is -0.332 e. The molecule has 1 atom stereocenters. The van der Waals surface area contributed by atoms with E-state index in [9.17, 15) is 4.79 Å². The fourth-order valence-electron chi connectivity index (χ4n) is 2.99. The van der Waals surface area contributed by atoms with Crippen molar-refractivity contribution in [3.05, 3.63) is 64.7 Å². The van der Waals surface area contributed by atoms with Crippen LogP contribution in [0.4, 0.5) is 5.69 Å². The number of hydrogen-bond acceptors (Lipinski definition) is 2. The molecule has 2 rings (SSSR count). The van der Waals surface area contributed by atoms with Gasteiger partial charge in [-0.15, -0.1) is 0 Å². The molecule has 0 aliphatic carbocycles. The number of hydrogen-bond donors (Lipinski definition) is 2. The predicted octanol–water partition coefficient (Wildman–Crippen LogP) is 5.12. The number of aryl methyl sites for hydroxylation is 2. The van der Waals surface area contributed by atoms with Gasteiger partial charge < -0.3 is 10.6 Å². The van der Waals surface area contributed by atoms with E-state index in [0.29, 0.717) is 11.0 Å². The molecule has 0 spiro atoms. The van der Waals surface area contributed by atoms with Crippen LogP contribution in [0, 0.1) is 19.8 Å². The van der Waals surface area contributed by atoms with E-state index in [1.807, 2.05) is 45.0 Å². The molecule has 138 valence electrons. The SMILES string of the molecule is Cc1cc(C)cc(NC(=S)NC(=O)C(C)c2ccc(CC(C)C)cc2)c1. The fraction of sp³-hybridized carbons (Fsp3) is 0.364. The summed E-state index contributed by atoms with van der Waals surface area (Å²) in [6.07, 6.45) is 1.05. The third-order valence-corrected chi connectivity index (χ3v) is 4.44. The second kappa shape index (κ2) is 8.95. The van der Waals surface area contributed by atoms with Gasteiger partial charge in [0.1, 0.15) is 0 Å². The summed E-state index contributed by atoms with van der Waals surface area (Å²) < 4.78 is 0. The lowest BCUT2D eigenvalue weighted by atomic mass is 9.96. The van der Waals surface area contributed by atoms with Crippen LogP contribution in [0.15, 0.2) is 42.5 Å². The maximum absolute atomic E-state index is 12.5. The van der Waals surface area contributed by atoms with Crippen LogP contribution in [-0.4, -0.2) is 11.0 Å². The van der Waals surface area contributed by atoms with Crippen LogP contribution in [-0.2, 0) is 11.2 Å². The van der Waals surface area contributed by atoms with Gasteiger partial charge in [-0.3, -0.25) is 4.79 Å². The number of anilines is 1. The van der Waals surface area contributed by atoms with Gasteiger partial charge in [-0.2, -0.15) is 0 Å². The molecule has 1 unspecified atom stereocenters. The molecule has 3 nitrogen and oxygen atoms in total. The van der Waals surface area contributed by atoms with E-state index in [1.165, 1.54) is 5.56 Å². The molecule has 2 aromatic rings. The maximum atomic E-state index is 12.5. The summed E-state index contributed by atoms with van der Waals surface area (Å²) in [5, 5.41) is 6.21. The quantitative estimate of drug-likeness (QED) is 0.720. The van der Waals surface area contributed by atoms with Crippen molar-refractivity contribution in [1.29, 1.82) is 0 Å². The highest BCUT2D eigenvalue weighted by molar-refractivity contribution is 7.80. The highest BCUT2D eigenvalue weighted by Crippen LogP contribution is 2.18. The van der Waals surface area contributed by atoms with Crippen molar-refractivity contribution in [2.45, 2.75) is 47.0 Å². The van der Waals surface area contributed by atoms with Crippen LogP contribution < -0.4 is 10.6 Å². The van der Waals surface area contributed by atoms with Crippen LogP contribution in [0.1, 0.15) is 48.9 Å². The van der Waals surface area contributed by atoms with Gasteiger partial charge in [0.2, 0.25) is 5.91 Å². The number of amides is 1. The average Bonchev–Trinajstić information content (AvgIpc) is 2.53. The maximum Gasteiger partial charge on any atom is 0.233 e. The van der Waals surface area contributed by atoms with Crippen molar-refractivity contribution >= 4 is 28.9 Å². The van der Waals surface area contributed by atoms with Gasteiger partial charge >= 0.3 is 0 Å². The lowest BCUT2D eigenvalue weighted by Crippen LogP contribution is -2.36. The minimum absolute atomic E-state index is 0.108. The van der Waals surface area contributed by atoms with E-state index >= 15 is 0 Å². The average molecular weight is 369 g/mol. The molecule has 0 aromatic heterocycles. The van der Waals surface area contributed by atoms with E-state index in [4.69, 9.17) is 12.2 Å². The first-order chi connectivity index (χ1) is 12.2. The Morgan fingerprint density at radius 3 is 2.12 bits per heavy atom. The van der Waals surface area contributed by atoms with Crippen LogP contribution in [0.25, 0.3) is 0 Å². The van der Waals surface area contributed by atoms with Gasteiger partial charge in [-0.05, 0) is 79.7 Å². The molecule has 0 saturated carbocycles. The van der Waals surface area contributed by atoms with Crippen molar-refractivity contribution in [3.63, 3.8) is 0 Å². The Balaban J connectivity index is 1.96.